The maximum atomic E-state index is 13.9. The Morgan fingerprint density at radius 1 is 1.50 bits per heavy atom. The van der Waals surface area contributed by atoms with Gasteiger partial charge in [-0.25, -0.2) is 4.39 Å². The van der Waals surface area contributed by atoms with Crippen LogP contribution in [0, 0.1) is 5.92 Å². The predicted octanol–water partition coefficient (Wildman–Crippen LogP) is 2.21. The molecule has 1 atom stereocenters. The molecule has 1 rings (SSSR count). The topological polar surface area (TPSA) is 26.0 Å². The minimum Gasteiger partial charge on any atom is -0.330 e. The molecule has 3 heteroatoms. The molecule has 0 spiro atoms. The van der Waals surface area contributed by atoms with Crippen molar-refractivity contribution in [3.63, 3.8) is 0 Å². The Bertz CT molecular complexity index is 132. The van der Waals surface area contributed by atoms with Crippen LogP contribution in [-0.4, -0.2) is 23.7 Å². The predicted molar refractivity (Wildman–Crippen MR) is 53.2 cm³/mol. The summed E-state index contributed by atoms with van der Waals surface area (Å²) in [5, 5.41) is 0. The molecule has 12 heavy (non-hydrogen) atoms. The van der Waals surface area contributed by atoms with E-state index in [9.17, 15) is 4.39 Å². The lowest BCUT2D eigenvalue weighted by Gasteiger charge is -2.32. The van der Waals surface area contributed by atoms with Gasteiger partial charge in [0, 0.05) is 0 Å². The normalized spacial score (nSPS) is 25.2. The van der Waals surface area contributed by atoms with Crippen LogP contribution in [0.3, 0.4) is 0 Å². The summed E-state index contributed by atoms with van der Waals surface area (Å²) in [6.07, 6.45) is 2.57. The molecule has 0 bridgehead atoms. The van der Waals surface area contributed by atoms with Crippen molar-refractivity contribution in [2.45, 2.75) is 31.9 Å². The third-order valence-electron chi connectivity index (χ3n) is 2.71. The highest BCUT2D eigenvalue weighted by atomic mass is 32.2. The zero-order valence-electron chi connectivity index (χ0n) is 7.68. The average molecular weight is 191 g/mol. The van der Waals surface area contributed by atoms with Crippen LogP contribution in [0.4, 0.5) is 4.39 Å². The fourth-order valence-corrected chi connectivity index (χ4v) is 2.89. The Hall–Kier alpha value is 0.240. The van der Waals surface area contributed by atoms with Gasteiger partial charge in [0.2, 0.25) is 0 Å². The molecule has 1 aliphatic rings. The standard InChI is InChI=1S/C9H18FNS/c1-9(10,4-5-11)8-2-6-12-7-3-8/h8H,2-7,11H2,1H3. The van der Waals surface area contributed by atoms with Crippen LogP contribution in [-0.2, 0) is 0 Å². The minimum absolute atomic E-state index is 0.252. The zero-order valence-corrected chi connectivity index (χ0v) is 8.50. The Balaban J connectivity index is 2.41. The molecular weight excluding hydrogens is 173 g/mol. The van der Waals surface area contributed by atoms with Crippen LogP contribution in [0.1, 0.15) is 26.2 Å². The molecule has 1 saturated heterocycles. The fourth-order valence-electron chi connectivity index (χ4n) is 1.79. The van der Waals surface area contributed by atoms with Crippen LogP contribution in [0.25, 0.3) is 0 Å². The molecule has 0 aromatic carbocycles. The number of nitrogens with two attached hydrogens (primary N) is 1. The number of hydrogen-bond donors (Lipinski definition) is 1. The third-order valence-corrected chi connectivity index (χ3v) is 3.75. The summed E-state index contributed by atoms with van der Waals surface area (Å²) in [6, 6.07) is 0. The number of halogens is 1. The first kappa shape index (κ1) is 10.3. The Morgan fingerprint density at radius 3 is 2.58 bits per heavy atom. The van der Waals surface area contributed by atoms with E-state index in [1.165, 1.54) is 0 Å². The van der Waals surface area contributed by atoms with E-state index in [1.807, 2.05) is 11.8 Å². The lowest BCUT2D eigenvalue weighted by molar-refractivity contribution is 0.0878. The van der Waals surface area contributed by atoms with Gasteiger partial charge < -0.3 is 5.73 Å². The van der Waals surface area contributed by atoms with Crippen LogP contribution >= 0.6 is 11.8 Å². The van der Waals surface area contributed by atoms with Crippen molar-refractivity contribution >= 4 is 11.8 Å². The van der Waals surface area contributed by atoms with Crippen molar-refractivity contribution in [1.82, 2.24) is 0 Å². The van der Waals surface area contributed by atoms with Gasteiger partial charge in [-0.2, -0.15) is 11.8 Å². The summed E-state index contributed by atoms with van der Waals surface area (Å²) < 4.78 is 13.9. The van der Waals surface area contributed by atoms with E-state index in [0.29, 0.717) is 13.0 Å². The molecule has 0 amide bonds. The van der Waals surface area contributed by atoms with Gasteiger partial charge in [-0.3, -0.25) is 0 Å². The summed E-state index contributed by atoms with van der Waals surface area (Å²) in [4.78, 5) is 0. The first-order valence-corrected chi connectivity index (χ1v) is 5.79. The van der Waals surface area contributed by atoms with E-state index in [2.05, 4.69) is 0 Å². The highest BCUT2D eigenvalue weighted by Gasteiger charge is 2.33. The van der Waals surface area contributed by atoms with Gasteiger partial charge in [0.15, 0.2) is 0 Å². The molecule has 1 aliphatic heterocycles. The van der Waals surface area contributed by atoms with Gasteiger partial charge in [-0.15, -0.1) is 0 Å². The van der Waals surface area contributed by atoms with Gasteiger partial charge >= 0.3 is 0 Å². The fraction of sp³-hybridized carbons (Fsp3) is 1.00. The molecule has 1 nitrogen and oxygen atoms in total. The van der Waals surface area contributed by atoms with E-state index in [-0.39, 0.29) is 5.92 Å². The summed E-state index contributed by atoms with van der Waals surface area (Å²) >= 11 is 1.93. The van der Waals surface area contributed by atoms with Gasteiger partial charge in [0.05, 0.1) is 0 Å². The summed E-state index contributed by atoms with van der Waals surface area (Å²) in [6.45, 7) is 2.18. The first-order valence-electron chi connectivity index (χ1n) is 4.63. The summed E-state index contributed by atoms with van der Waals surface area (Å²) in [7, 11) is 0. The Labute approximate surface area is 78.3 Å². The van der Waals surface area contributed by atoms with Crippen LogP contribution in [0.5, 0.6) is 0 Å². The molecule has 1 heterocycles. The summed E-state index contributed by atoms with van der Waals surface area (Å²) in [5.41, 5.74) is 4.36. The monoisotopic (exact) mass is 191 g/mol. The molecule has 72 valence electrons. The quantitative estimate of drug-likeness (QED) is 0.740. The number of rotatable bonds is 3. The largest absolute Gasteiger partial charge is 0.330 e. The van der Waals surface area contributed by atoms with Crippen molar-refractivity contribution in [2.75, 3.05) is 18.1 Å². The van der Waals surface area contributed by atoms with E-state index >= 15 is 0 Å². The molecule has 0 aliphatic carbocycles. The maximum Gasteiger partial charge on any atom is 0.112 e. The lowest BCUT2D eigenvalue weighted by atomic mass is 9.84. The van der Waals surface area contributed by atoms with Crippen molar-refractivity contribution in [3.05, 3.63) is 0 Å². The molecule has 1 unspecified atom stereocenters. The molecule has 1 fully saturated rings. The lowest BCUT2D eigenvalue weighted by Crippen LogP contribution is -2.34. The molecular formula is C9H18FNS. The highest BCUT2D eigenvalue weighted by Crippen LogP contribution is 2.35. The SMILES string of the molecule is CC(F)(CCN)C1CCSCC1. The maximum absolute atomic E-state index is 13.9. The van der Waals surface area contributed by atoms with Crippen molar-refractivity contribution in [2.24, 2.45) is 11.7 Å². The van der Waals surface area contributed by atoms with Gasteiger partial charge in [-0.05, 0) is 50.2 Å². The molecule has 0 radical (unpaired) electrons. The zero-order chi connectivity index (χ0) is 9.03. The molecule has 0 aromatic heterocycles. The van der Waals surface area contributed by atoms with E-state index in [4.69, 9.17) is 5.73 Å². The average Bonchev–Trinajstić information content (AvgIpc) is 2.06. The second-order valence-corrected chi connectivity index (χ2v) is 4.93. The van der Waals surface area contributed by atoms with Crippen molar-refractivity contribution < 1.29 is 4.39 Å². The van der Waals surface area contributed by atoms with Crippen LogP contribution in [0.15, 0.2) is 0 Å². The third kappa shape index (κ3) is 2.63. The van der Waals surface area contributed by atoms with Crippen LogP contribution < -0.4 is 5.73 Å². The van der Waals surface area contributed by atoms with E-state index in [1.54, 1.807) is 6.92 Å². The second-order valence-electron chi connectivity index (χ2n) is 3.70. The number of alkyl halides is 1. The molecule has 0 aromatic rings. The Kier molecular flexibility index (Phi) is 3.84. The number of thioether (sulfide) groups is 1. The smallest absolute Gasteiger partial charge is 0.112 e. The van der Waals surface area contributed by atoms with Crippen molar-refractivity contribution in [1.29, 1.82) is 0 Å². The van der Waals surface area contributed by atoms with E-state index in [0.717, 1.165) is 24.3 Å². The van der Waals surface area contributed by atoms with Gasteiger partial charge in [-0.1, -0.05) is 0 Å². The second kappa shape index (κ2) is 4.47. The van der Waals surface area contributed by atoms with E-state index < -0.39 is 5.67 Å². The van der Waals surface area contributed by atoms with Crippen LogP contribution in [0.2, 0.25) is 0 Å². The highest BCUT2D eigenvalue weighted by molar-refractivity contribution is 7.99. The van der Waals surface area contributed by atoms with Gasteiger partial charge in [0.1, 0.15) is 5.67 Å². The van der Waals surface area contributed by atoms with Gasteiger partial charge in [0.25, 0.3) is 0 Å². The first-order chi connectivity index (χ1) is 5.67. The Morgan fingerprint density at radius 2 is 2.08 bits per heavy atom. The molecule has 2 N–H and O–H groups in total. The minimum atomic E-state index is -1.02. The summed E-state index contributed by atoms with van der Waals surface area (Å²) in [5.74, 6) is 2.49. The molecule has 0 saturated carbocycles. The number of hydrogen-bond acceptors (Lipinski definition) is 2. The van der Waals surface area contributed by atoms with Crippen molar-refractivity contribution in [3.8, 4) is 0 Å².